The molecule has 2 heterocycles. The minimum atomic E-state index is -4.14. The van der Waals surface area contributed by atoms with Gasteiger partial charge in [-0.15, -0.1) is 4.40 Å². The molecule has 0 bridgehead atoms. The molecule has 2 aromatic carbocycles. The van der Waals surface area contributed by atoms with Gasteiger partial charge in [-0.1, -0.05) is 32.9 Å². The van der Waals surface area contributed by atoms with Crippen LogP contribution in [0.2, 0.25) is 0 Å². The lowest BCUT2D eigenvalue weighted by Gasteiger charge is -2.22. The van der Waals surface area contributed by atoms with E-state index in [2.05, 4.69) is 9.71 Å². The summed E-state index contributed by atoms with van der Waals surface area (Å²) in [4.78, 5) is 24.2. The number of aryl methyl sites for hydroxylation is 1. The zero-order chi connectivity index (χ0) is 24.1. The van der Waals surface area contributed by atoms with Crippen LogP contribution in [0.1, 0.15) is 32.8 Å². The second kappa shape index (κ2) is 7.69. The van der Waals surface area contributed by atoms with E-state index in [-0.39, 0.29) is 45.0 Å². The van der Waals surface area contributed by atoms with Crippen LogP contribution < -0.4 is 10.9 Å². The van der Waals surface area contributed by atoms with Gasteiger partial charge in [-0.05, 0) is 30.0 Å². The Labute approximate surface area is 189 Å². The highest BCUT2D eigenvalue weighted by molar-refractivity contribution is 7.90. The summed E-state index contributed by atoms with van der Waals surface area (Å²) in [6, 6.07) is 9.88. The molecule has 4 rings (SSSR count). The van der Waals surface area contributed by atoms with Gasteiger partial charge >= 0.3 is 0 Å². The van der Waals surface area contributed by atoms with Gasteiger partial charge < -0.3 is 15.0 Å². The number of rotatable bonds is 4. The lowest BCUT2D eigenvalue weighted by atomic mass is 9.92. The number of nitrogens with one attached hydrogen (secondary N) is 1. The van der Waals surface area contributed by atoms with E-state index >= 15 is 0 Å². The number of aromatic nitrogens is 1. The molecule has 0 saturated carbocycles. The number of hydrogen-bond donors (Lipinski definition) is 2. The number of non-ortho nitro benzene ring substituents is 1. The fourth-order valence-electron chi connectivity index (χ4n) is 3.65. The molecule has 0 spiro atoms. The molecule has 0 saturated heterocycles. The smallest absolute Gasteiger partial charge is 0.286 e. The number of nitrogens with zero attached hydrogens (tertiary/aromatic N) is 3. The highest BCUT2D eigenvalue weighted by Gasteiger charge is 2.30. The number of anilines is 1. The quantitative estimate of drug-likeness (QED) is 0.438. The third-order valence-corrected chi connectivity index (χ3v) is 6.72. The Kier molecular flexibility index (Phi) is 5.24. The van der Waals surface area contributed by atoms with Crippen LogP contribution >= 0.6 is 0 Å². The zero-order valence-corrected chi connectivity index (χ0v) is 19.0. The molecule has 10 nitrogen and oxygen atoms in total. The van der Waals surface area contributed by atoms with Gasteiger partial charge in [0.15, 0.2) is 5.84 Å². The van der Waals surface area contributed by atoms with Crippen molar-refractivity contribution < 1.29 is 18.4 Å². The van der Waals surface area contributed by atoms with Crippen LogP contribution in [0.5, 0.6) is 5.75 Å². The molecule has 172 valence electrons. The number of nitro groups is 1. The Hall–Kier alpha value is -3.73. The van der Waals surface area contributed by atoms with E-state index in [1.807, 2.05) is 20.8 Å². The fourth-order valence-corrected chi connectivity index (χ4v) is 4.77. The van der Waals surface area contributed by atoms with Crippen molar-refractivity contribution in [2.75, 3.05) is 5.32 Å². The van der Waals surface area contributed by atoms with Crippen LogP contribution in [0.3, 0.4) is 0 Å². The van der Waals surface area contributed by atoms with E-state index in [9.17, 15) is 28.4 Å². The highest BCUT2D eigenvalue weighted by atomic mass is 32.2. The van der Waals surface area contributed by atoms with Crippen LogP contribution in [0, 0.1) is 15.5 Å². The number of fused-ring (bicyclic) bond motifs is 2. The predicted octanol–water partition coefficient (Wildman–Crippen LogP) is 3.61. The molecule has 11 heteroatoms. The van der Waals surface area contributed by atoms with Crippen molar-refractivity contribution in [3.63, 3.8) is 0 Å². The van der Waals surface area contributed by atoms with E-state index in [0.717, 1.165) is 6.07 Å². The van der Waals surface area contributed by atoms with Gasteiger partial charge in [-0.3, -0.25) is 14.9 Å². The minimum Gasteiger partial charge on any atom is -0.506 e. The number of benzene rings is 2. The monoisotopic (exact) mass is 470 g/mol. The van der Waals surface area contributed by atoms with Gasteiger partial charge in [-0.2, -0.15) is 8.42 Å². The number of aromatic hydroxyl groups is 1. The summed E-state index contributed by atoms with van der Waals surface area (Å²) < 4.78 is 30.6. The maximum absolute atomic E-state index is 13.5. The number of hydrogen-bond acceptors (Lipinski definition) is 7. The number of pyridine rings is 1. The summed E-state index contributed by atoms with van der Waals surface area (Å²) in [6.07, 6.45) is 0.588. The molecule has 0 unspecified atom stereocenters. The Morgan fingerprint density at radius 2 is 1.88 bits per heavy atom. The normalized spacial score (nSPS) is 14.9. The average molecular weight is 471 g/mol. The summed E-state index contributed by atoms with van der Waals surface area (Å²) in [6.45, 7) is 6.26. The van der Waals surface area contributed by atoms with Crippen molar-refractivity contribution in [3.8, 4) is 5.75 Å². The Bertz CT molecular complexity index is 1500. The van der Waals surface area contributed by atoms with Gasteiger partial charge in [0.25, 0.3) is 21.3 Å². The number of para-hydroxylation sites is 1. The molecule has 0 aliphatic carbocycles. The Balaban J connectivity index is 2.01. The Morgan fingerprint density at radius 1 is 1.18 bits per heavy atom. The average Bonchev–Trinajstić information content (AvgIpc) is 2.72. The molecular formula is C22H22N4O6S. The molecule has 2 N–H and O–H groups in total. The summed E-state index contributed by atoms with van der Waals surface area (Å²) in [7, 11) is -4.14. The van der Waals surface area contributed by atoms with Crippen molar-refractivity contribution in [1.82, 2.24) is 4.57 Å². The maximum Gasteiger partial charge on any atom is 0.286 e. The molecule has 1 aromatic heterocycles. The first-order valence-corrected chi connectivity index (χ1v) is 11.6. The molecule has 1 aliphatic heterocycles. The lowest BCUT2D eigenvalue weighted by molar-refractivity contribution is -0.384. The largest absolute Gasteiger partial charge is 0.506 e. The van der Waals surface area contributed by atoms with E-state index in [1.54, 1.807) is 12.1 Å². The number of nitro benzene ring substituents is 1. The standard InChI is InChI=1S/C22H22N4O6S/c1-22(2,3)10-11-25-16-9-8-13(26(29)30)12-14(16)19(27)18(21(25)28)20-23-15-6-4-5-7-17(15)33(31,32)24-20/h4-9,12,27H,10-11H2,1-3H3,(H,23,24). The molecule has 0 atom stereocenters. The number of amidine groups is 1. The van der Waals surface area contributed by atoms with Crippen molar-refractivity contribution in [3.05, 3.63) is 68.5 Å². The topological polar surface area (TPSA) is 144 Å². The maximum atomic E-state index is 13.5. The molecule has 1 aliphatic rings. The van der Waals surface area contributed by atoms with Crippen molar-refractivity contribution in [2.24, 2.45) is 9.81 Å². The summed E-state index contributed by atoms with van der Waals surface area (Å²) >= 11 is 0. The van der Waals surface area contributed by atoms with Gasteiger partial charge in [0.1, 0.15) is 16.2 Å². The van der Waals surface area contributed by atoms with Crippen LogP contribution in [-0.4, -0.2) is 28.9 Å². The van der Waals surface area contributed by atoms with Crippen LogP contribution in [0.4, 0.5) is 11.4 Å². The first-order valence-electron chi connectivity index (χ1n) is 10.1. The van der Waals surface area contributed by atoms with Gasteiger partial charge in [0.05, 0.1) is 16.1 Å². The van der Waals surface area contributed by atoms with Crippen LogP contribution in [0.25, 0.3) is 10.9 Å². The second-order valence-corrected chi connectivity index (χ2v) is 10.6. The minimum absolute atomic E-state index is 0.0495. The molecule has 0 radical (unpaired) electrons. The lowest BCUT2D eigenvalue weighted by Crippen LogP contribution is -2.33. The molecule has 0 fully saturated rings. The third kappa shape index (κ3) is 4.07. The van der Waals surface area contributed by atoms with Crippen molar-refractivity contribution >= 4 is 38.1 Å². The van der Waals surface area contributed by atoms with E-state index in [1.165, 1.54) is 28.8 Å². The van der Waals surface area contributed by atoms with Gasteiger partial charge in [-0.25, -0.2) is 0 Å². The first kappa shape index (κ1) is 22.5. The zero-order valence-electron chi connectivity index (χ0n) is 18.2. The van der Waals surface area contributed by atoms with E-state index in [4.69, 9.17) is 0 Å². The van der Waals surface area contributed by atoms with Crippen molar-refractivity contribution in [1.29, 1.82) is 0 Å². The Morgan fingerprint density at radius 3 is 2.55 bits per heavy atom. The van der Waals surface area contributed by atoms with Crippen LogP contribution in [-0.2, 0) is 16.6 Å². The molecule has 0 amide bonds. The van der Waals surface area contributed by atoms with E-state index in [0.29, 0.717) is 11.9 Å². The third-order valence-electron chi connectivity index (χ3n) is 5.38. The van der Waals surface area contributed by atoms with Crippen LogP contribution in [0.15, 0.2) is 56.6 Å². The summed E-state index contributed by atoms with van der Waals surface area (Å²) in [5.41, 5.74) is -0.916. The van der Waals surface area contributed by atoms with Gasteiger partial charge in [0.2, 0.25) is 0 Å². The van der Waals surface area contributed by atoms with Crippen molar-refractivity contribution in [2.45, 2.75) is 38.6 Å². The summed E-state index contributed by atoms with van der Waals surface area (Å²) in [5.74, 6) is -0.916. The molecule has 3 aromatic rings. The summed E-state index contributed by atoms with van der Waals surface area (Å²) in [5, 5.41) is 25.2. The van der Waals surface area contributed by atoms with Gasteiger partial charge in [0, 0.05) is 24.1 Å². The predicted molar refractivity (Wildman–Crippen MR) is 124 cm³/mol. The number of sulfonamides is 1. The van der Waals surface area contributed by atoms with E-state index < -0.39 is 26.3 Å². The fraction of sp³-hybridized carbons (Fsp3) is 0.273. The highest BCUT2D eigenvalue weighted by Crippen LogP contribution is 2.34. The molecule has 33 heavy (non-hydrogen) atoms. The second-order valence-electron chi connectivity index (χ2n) is 8.99. The molecular weight excluding hydrogens is 448 g/mol. The SMILES string of the molecule is CC(C)(C)CCn1c(=O)c(C2=NS(=O)(=O)c3ccccc3N2)c(O)c2cc([N+](=O)[O-])ccc21. The first-order chi connectivity index (χ1) is 15.4.